The maximum Gasteiger partial charge on any atom is 0.264 e. The number of benzene rings is 2. The van der Waals surface area contributed by atoms with Crippen molar-refractivity contribution < 1.29 is 18.7 Å². The van der Waals surface area contributed by atoms with Crippen molar-refractivity contribution >= 4 is 39.1 Å². The molecule has 1 aliphatic rings. The van der Waals surface area contributed by atoms with Crippen LogP contribution in [0.5, 0.6) is 5.75 Å². The molecule has 2 aromatic carbocycles. The average Bonchev–Trinajstić information content (AvgIpc) is 2.50. The van der Waals surface area contributed by atoms with E-state index in [4.69, 9.17) is 4.74 Å². The fourth-order valence-electron chi connectivity index (χ4n) is 2.28. The summed E-state index contributed by atoms with van der Waals surface area (Å²) in [6.45, 7) is -0.0953. The quantitative estimate of drug-likeness (QED) is 0.872. The number of nitrogens with zero attached hydrogens (tertiary/aromatic N) is 1. The number of likely N-dealkylation sites (N-methyl/N-ethyl adjacent to an activating group) is 1. The molecule has 0 aromatic heterocycles. The van der Waals surface area contributed by atoms with Crippen LogP contribution < -0.4 is 15.0 Å². The molecule has 1 aliphatic heterocycles. The third-order valence-corrected chi connectivity index (χ3v) is 3.90. The zero-order valence-corrected chi connectivity index (χ0v) is 13.7. The Bertz CT molecular complexity index is 790. The van der Waals surface area contributed by atoms with Gasteiger partial charge in [-0.3, -0.25) is 9.59 Å². The summed E-state index contributed by atoms with van der Waals surface area (Å²) in [7, 11) is 1.64. The first-order valence-corrected chi connectivity index (χ1v) is 7.55. The highest BCUT2D eigenvalue weighted by Gasteiger charge is 2.25. The second kappa shape index (κ2) is 6.00. The minimum atomic E-state index is -0.513. The highest BCUT2D eigenvalue weighted by molar-refractivity contribution is 9.10. The number of rotatable bonds is 2. The smallest absolute Gasteiger partial charge is 0.264 e. The number of para-hydroxylation sites is 1. The fourth-order valence-corrected chi connectivity index (χ4v) is 2.75. The molecule has 0 unspecified atom stereocenters. The van der Waals surface area contributed by atoms with Gasteiger partial charge in [-0.05, 0) is 30.3 Å². The molecule has 0 spiro atoms. The zero-order valence-electron chi connectivity index (χ0n) is 12.1. The fraction of sp³-hybridized carbons (Fsp3) is 0.125. The van der Waals surface area contributed by atoms with E-state index < -0.39 is 11.7 Å². The first kappa shape index (κ1) is 15.5. The molecule has 0 saturated carbocycles. The van der Waals surface area contributed by atoms with Crippen molar-refractivity contribution in [1.82, 2.24) is 0 Å². The summed E-state index contributed by atoms with van der Waals surface area (Å²) in [4.78, 5) is 25.4. The Labute approximate surface area is 140 Å². The SMILES string of the molecule is CN1C(=O)COc2c(NC(=O)c3cc(F)cc(Br)c3)cccc21. The first-order valence-electron chi connectivity index (χ1n) is 6.75. The molecule has 0 saturated heterocycles. The summed E-state index contributed by atoms with van der Waals surface area (Å²) in [5.41, 5.74) is 1.17. The second-order valence-corrected chi connectivity index (χ2v) is 5.92. The third kappa shape index (κ3) is 3.05. The van der Waals surface area contributed by atoms with Gasteiger partial charge in [0.25, 0.3) is 11.8 Å². The summed E-state index contributed by atoms with van der Waals surface area (Å²) < 4.78 is 19.3. The van der Waals surface area contributed by atoms with Crippen molar-refractivity contribution in [1.29, 1.82) is 0 Å². The molecule has 23 heavy (non-hydrogen) atoms. The Hall–Kier alpha value is -2.41. The topological polar surface area (TPSA) is 58.6 Å². The van der Waals surface area contributed by atoms with Crippen LogP contribution in [-0.4, -0.2) is 25.5 Å². The van der Waals surface area contributed by atoms with E-state index in [0.29, 0.717) is 21.6 Å². The van der Waals surface area contributed by atoms with Crippen molar-refractivity contribution in [2.45, 2.75) is 0 Å². The molecule has 1 heterocycles. The second-order valence-electron chi connectivity index (χ2n) is 5.01. The van der Waals surface area contributed by atoms with Gasteiger partial charge in [0.05, 0.1) is 11.4 Å². The standard InChI is InChI=1S/C16H12BrFN2O3/c1-20-13-4-2-3-12(15(13)23-8-14(20)21)19-16(22)9-5-10(17)7-11(18)6-9/h2-7H,8H2,1H3,(H,19,22). The number of hydrogen-bond acceptors (Lipinski definition) is 3. The molecular weight excluding hydrogens is 367 g/mol. The van der Waals surface area contributed by atoms with Gasteiger partial charge in [-0.25, -0.2) is 4.39 Å². The zero-order chi connectivity index (χ0) is 16.6. The molecule has 3 rings (SSSR count). The number of hydrogen-bond donors (Lipinski definition) is 1. The lowest BCUT2D eigenvalue weighted by atomic mass is 10.1. The van der Waals surface area contributed by atoms with Crippen molar-refractivity contribution in [3.05, 3.63) is 52.3 Å². The Morgan fingerprint density at radius 3 is 2.87 bits per heavy atom. The number of ether oxygens (including phenoxy) is 1. The molecule has 2 amide bonds. The number of fused-ring (bicyclic) bond motifs is 1. The predicted molar refractivity (Wildman–Crippen MR) is 87.4 cm³/mol. The van der Waals surface area contributed by atoms with Crippen LogP contribution in [-0.2, 0) is 4.79 Å². The lowest BCUT2D eigenvalue weighted by molar-refractivity contribution is -0.120. The minimum absolute atomic E-state index is 0.0953. The Morgan fingerprint density at radius 2 is 2.13 bits per heavy atom. The summed E-state index contributed by atoms with van der Waals surface area (Å²) in [6.07, 6.45) is 0. The molecule has 0 radical (unpaired) electrons. The van der Waals surface area contributed by atoms with Crippen molar-refractivity contribution in [3.8, 4) is 5.75 Å². The van der Waals surface area contributed by atoms with Crippen LogP contribution in [0.2, 0.25) is 0 Å². The van der Waals surface area contributed by atoms with E-state index in [1.165, 1.54) is 17.0 Å². The van der Waals surface area contributed by atoms with Crippen LogP contribution in [0.1, 0.15) is 10.4 Å². The Balaban J connectivity index is 1.92. The molecule has 0 atom stereocenters. The lowest BCUT2D eigenvalue weighted by Crippen LogP contribution is -2.35. The number of amides is 2. The molecule has 118 valence electrons. The van der Waals surface area contributed by atoms with Gasteiger partial charge in [0.15, 0.2) is 12.4 Å². The van der Waals surface area contributed by atoms with Gasteiger partial charge in [-0.2, -0.15) is 0 Å². The molecule has 2 aromatic rings. The summed E-state index contributed by atoms with van der Waals surface area (Å²) in [6, 6.07) is 9.02. The molecule has 0 fully saturated rings. The maximum atomic E-state index is 13.4. The van der Waals surface area contributed by atoms with Gasteiger partial charge in [0.2, 0.25) is 0 Å². The Morgan fingerprint density at radius 1 is 1.35 bits per heavy atom. The van der Waals surface area contributed by atoms with Gasteiger partial charge in [-0.1, -0.05) is 22.0 Å². The normalized spacial score (nSPS) is 13.3. The van der Waals surface area contributed by atoms with Crippen LogP contribution in [0.3, 0.4) is 0 Å². The molecule has 7 heteroatoms. The van der Waals surface area contributed by atoms with E-state index >= 15 is 0 Å². The summed E-state index contributed by atoms with van der Waals surface area (Å²) in [5.74, 6) is -0.739. The van der Waals surface area contributed by atoms with E-state index in [1.54, 1.807) is 25.2 Å². The van der Waals surface area contributed by atoms with Crippen LogP contribution in [0.15, 0.2) is 40.9 Å². The van der Waals surface area contributed by atoms with Gasteiger partial charge in [0, 0.05) is 17.1 Å². The number of carbonyl (C=O) groups excluding carboxylic acids is 2. The van der Waals surface area contributed by atoms with Gasteiger partial charge < -0.3 is 15.0 Å². The van der Waals surface area contributed by atoms with E-state index in [1.807, 2.05) is 0 Å². The van der Waals surface area contributed by atoms with Crippen LogP contribution >= 0.6 is 15.9 Å². The van der Waals surface area contributed by atoms with Crippen molar-refractivity contribution in [2.75, 3.05) is 23.9 Å². The molecule has 0 aliphatic carbocycles. The summed E-state index contributed by atoms with van der Waals surface area (Å²) in [5, 5.41) is 2.69. The van der Waals surface area contributed by atoms with Gasteiger partial charge >= 0.3 is 0 Å². The monoisotopic (exact) mass is 378 g/mol. The van der Waals surface area contributed by atoms with Crippen LogP contribution in [0.4, 0.5) is 15.8 Å². The molecular formula is C16H12BrFN2O3. The highest BCUT2D eigenvalue weighted by atomic mass is 79.9. The highest BCUT2D eigenvalue weighted by Crippen LogP contribution is 2.38. The molecule has 1 N–H and O–H groups in total. The molecule has 0 bridgehead atoms. The van der Waals surface area contributed by atoms with E-state index in [0.717, 1.165) is 6.07 Å². The number of carbonyl (C=O) groups is 2. The number of nitrogens with one attached hydrogen (secondary N) is 1. The van der Waals surface area contributed by atoms with Crippen LogP contribution in [0.25, 0.3) is 0 Å². The van der Waals surface area contributed by atoms with Crippen molar-refractivity contribution in [3.63, 3.8) is 0 Å². The predicted octanol–water partition coefficient (Wildman–Crippen LogP) is 3.20. The van der Waals surface area contributed by atoms with E-state index in [9.17, 15) is 14.0 Å². The first-order chi connectivity index (χ1) is 11.0. The molecule has 5 nitrogen and oxygen atoms in total. The van der Waals surface area contributed by atoms with Gasteiger partial charge in [-0.15, -0.1) is 0 Å². The third-order valence-electron chi connectivity index (χ3n) is 3.44. The van der Waals surface area contributed by atoms with Crippen LogP contribution in [0, 0.1) is 5.82 Å². The number of halogens is 2. The maximum absolute atomic E-state index is 13.4. The largest absolute Gasteiger partial charge is 0.479 e. The average molecular weight is 379 g/mol. The summed E-state index contributed by atoms with van der Waals surface area (Å²) >= 11 is 3.15. The van der Waals surface area contributed by atoms with E-state index in [2.05, 4.69) is 21.2 Å². The van der Waals surface area contributed by atoms with Gasteiger partial charge in [0.1, 0.15) is 5.82 Å². The van der Waals surface area contributed by atoms with Crippen molar-refractivity contribution in [2.24, 2.45) is 0 Å². The van der Waals surface area contributed by atoms with E-state index in [-0.39, 0.29) is 18.1 Å². The lowest BCUT2D eigenvalue weighted by Gasteiger charge is -2.27. The number of anilines is 2. The Kier molecular flexibility index (Phi) is 4.04. The minimum Gasteiger partial charge on any atom is -0.479 e.